The van der Waals surface area contributed by atoms with E-state index in [1.165, 1.54) is 10.9 Å². The molecule has 1 aromatic heterocycles. The fourth-order valence-corrected chi connectivity index (χ4v) is 2.85. The smallest absolute Gasteiger partial charge is 0.134 e. The van der Waals surface area contributed by atoms with E-state index in [-0.39, 0.29) is 0 Å². The van der Waals surface area contributed by atoms with Gasteiger partial charge in [-0.1, -0.05) is 18.2 Å². The van der Waals surface area contributed by atoms with Crippen molar-refractivity contribution in [1.82, 2.24) is 10.2 Å². The van der Waals surface area contributed by atoms with E-state index in [0.717, 1.165) is 37.4 Å². The molecule has 3 rings (SSSR count). The third-order valence-corrected chi connectivity index (χ3v) is 3.81. The van der Waals surface area contributed by atoms with Crippen molar-refractivity contribution in [3.05, 3.63) is 35.6 Å². The number of hydrogen-bond donors (Lipinski definition) is 1. The van der Waals surface area contributed by atoms with Crippen LogP contribution in [0.1, 0.15) is 11.3 Å². The molecule has 2 heterocycles. The molecule has 1 fully saturated rings. The van der Waals surface area contributed by atoms with Gasteiger partial charge in [-0.2, -0.15) is 0 Å². The molecule has 3 heteroatoms. The fourth-order valence-electron chi connectivity index (χ4n) is 2.85. The Morgan fingerprint density at radius 3 is 3.06 bits per heavy atom. The molecule has 1 aliphatic rings. The molecule has 2 aromatic rings. The maximum absolute atomic E-state index is 5.83. The Hall–Kier alpha value is -1.32. The van der Waals surface area contributed by atoms with E-state index in [2.05, 4.69) is 36.3 Å². The van der Waals surface area contributed by atoms with Gasteiger partial charge in [0.25, 0.3) is 0 Å². The van der Waals surface area contributed by atoms with Crippen molar-refractivity contribution in [3.63, 3.8) is 0 Å². The SMILES string of the molecule is Cc1oc2ccccc2c1CC1CN(C)CCN1. The average molecular weight is 244 g/mol. The third-order valence-electron chi connectivity index (χ3n) is 3.81. The van der Waals surface area contributed by atoms with Crippen LogP contribution in [0, 0.1) is 6.92 Å². The van der Waals surface area contributed by atoms with Crippen molar-refractivity contribution < 1.29 is 4.42 Å². The van der Waals surface area contributed by atoms with Crippen LogP contribution in [0.15, 0.2) is 28.7 Å². The molecule has 0 radical (unpaired) electrons. The Kier molecular flexibility index (Phi) is 3.10. The van der Waals surface area contributed by atoms with Gasteiger partial charge in [0.2, 0.25) is 0 Å². The number of fused-ring (bicyclic) bond motifs is 1. The van der Waals surface area contributed by atoms with E-state index in [9.17, 15) is 0 Å². The zero-order chi connectivity index (χ0) is 12.5. The summed E-state index contributed by atoms with van der Waals surface area (Å²) in [5, 5.41) is 4.86. The quantitative estimate of drug-likeness (QED) is 0.877. The summed E-state index contributed by atoms with van der Waals surface area (Å²) in [6, 6.07) is 8.85. The molecule has 1 N–H and O–H groups in total. The number of piperazine rings is 1. The summed E-state index contributed by atoms with van der Waals surface area (Å²) in [6.07, 6.45) is 1.05. The lowest BCUT2D eigenvalue weighted by atomic mass is 10.0. The lowest BCUT2D eigenvalue weighted by Gasteiger charge is -2.30. The van der Waals surface area contributed by atoms with Gasteiger partial charge >= 0.3 is 0 Å². The first kappa shape index (κ1) is 11.8. The van der Waals surface area contributed by atoms with Gasteiger partial charge in [-0.25, -0.2) is 0 Å². The van der Waals surface area contributed by atoms with Crippen LogP contribution in [-0.4, -0.2) is 37.6 Å². The highest BCUT2D eigenvalue weighted by Gasteiger charge is 2.20. The molecule has 96 valence electrons. The largest absolute Gasteiger partial charge is 0.461 e. The first-order valence-corrected chi connectivity index (χ1v) is 6.63. The second-order valence-electron chi connectivity index (χ2n) is 5.25. The standard InChI is InChI=1S/C15H20N2O/c1-11-14(9-12-10-17(2)8-7-16-12)13-5-3-4-6-15(13)18-11/h3-6,12,16H,7-10H2,1-2H3. The van der Waals surface area contributed by atoms with E-state index in [1.807, 2.05) is 12.1 Å². The van der Waals surface area contributed by atoms with Crippen LogP contribution >= 0.6 is 0 Å². The normalized spacial score (nSPS) is 21.6. The highest BCUT2D eigenvalue weighted by Crippen LogP contribution is 2.26. The monoisotopic (exact) mass is 244 g/mol. The molecule has 1 unspecified atom stereocenters. The lowest BCUT2D eigenvalue weighted by Crippen LogP contribution is -2.49. The summed E-state index contributed by atoms with van der Waals surface area (Å²) >= 11 is 0. The van der Waals surface area contributed by atoms with Crippen molar-refractivity contribution in [2.24, 2.45) is 0 Å². The van der Waals surface area contributed by atoms with Crippen molar-refractivity contribution >= 4 is 11.0 Å². The van der Waals surface area contributed by atoms with Crippen LogP contribution in [0.3, 0.4) is 0 Å². The van der Waals surface area contributed by atoms with Gasteiger partial charge in [-0.15, -0.1) is 0 Å². The number of hydrogen-bond acceptors (Lipinski definition) is 3. The second kappa shape index (κ2) is 4.75. The minimum Gasteiger partial charge on any atom is -0.461 e. The predicted molar refractivity (Wildman–Crippen MR) is 73.9 cm³/mol. The molecule has 0 bridgehead atoms. The number of benzene rings is 1. The summed E-state index contributed by atoms with van der Waals surface area (Å²) in [4.78, 5) is 2.39. The minimum absolute atomic E-state index is 0.531. The lowest BCUT2D eigenvalue weighted by molar-refractivity contribution is 0.238. The summed E-state index contributed by atoms with van der Waals surface area (Å²) in [7, 11) is 2.19. The Bertz CT molecular complexity index is 546. The van der Waals surface area contributed by atoms with E-state index >= 15 is 0 Å². The van der Waals surface area contributed by atoms with Crippen molar-refractivity contribution in [2.45, 2.75) is 19.4 Å². The number of likely N-dealkylation sites (N-methyl/N-ethyl adjacent to an activating group) is 1. The molecule has 3 nitrogen and oxygen atoms in total. The molecule has 18 heavy (non-hydrogen) atoms. The Morgan fingerprint density at radius 2 is 2.22 bits per heavy atom. The first-order chi connectivity index (χ1) is 8.74. The van der Waals surface area contributed by atoms with Gasteiger partial charge in [-0.3, -0.25) is 0 Å². The minimum atomic E-state index is 0.531. The van der Waals surface area contributed by atoms with E-state index in [1.54, 1.807) is 0 Å². The van der Waals surface area contributed by atoms with Gasteiger partial charge in [0.15, 0.2) is 0 Å². The van der Waals surface area contributed by atoms with Gasteiger partial charge in [0.1, 0.15) is 11.3 Å². The van der Waals surface area contributed by atoms with Gasteiger partial charge < -0.3 is 14.6 Å². The van der Waals surface area contributed by atoms with Crippen LogP contribution in [0.25, 0.3) is 11.0 Å². The maximum Gasteiger partial charge on any atom is 0.134 e. The maximum atomic E-state index is 5.83. The number of furan rings is 1. The van der Waals surface area contributed by atoms with Crippen molar-refractivity contribution in [2.75, 3.05) is 26.7 Å². The van der Waals surface area contributed by atoms with E-state index < -0.39 is 0 Å². The summed E-state index contributed by atoms with van der Waals surface area (Å²) < 4.78 is 5.83. The number of rotatable bonds is 2. The fraction of sp³-hybridized carbons (Fsp3) is 0.467. The Labute approximate surface area is 108 Å². The Morgan fingerprint density at radius 1 is 1.39 bits per heavy atom. The van der Waals surface area contributed by atoms with Crippen LogP contribution < -0.4 is 5.32 Å². The Balaban J connectivity index is 1.87. The second-order valence-corrected chi connectivity index (χ2v) is 5.25. The molecular weight excluding hydrogens is 224 g/mol. The average Bonchev–Trinajstić information content (AvgIpc) is 2.66. The van der Waals surface area contributed by atoms with Crippen LogP contribution in [0.4, 0.5) is 0 Å². The van der Waals surface area contributed by atoms with Crippen molar-refractivity contribution in [1.29, 1.82) is 0 Å². The zero-order valence-corrected chi connectivity index (χ0v) is 11.1. The number of para-hydroxylation sites is 1. The first-order valence-electron chi connectivity index (χ1n) is 6.63. The topological polar surface area (TPSA) is 28.4 Å². The van der Waals surface area contributed by atoms with Gasteiger partial charge in [0.05, 0.1) is 0 Å². The molecular formula is C15H20N2O. The summed E-state index contributed by atoms with van der Waals surface area (Å²) in [5.41, 5.74) is 2.37. The highest BCUT2D eigenvalue weighted by molar-refractivity contribution is 5.82. The van der Waals surface area contributed by atoms with E-state index in [0.29, 0.717) is 6.04 Å². The van der Waals surface area contributed by atoms with Crippen molar-refractivity contribution in [3.8, 4) is 0 Å². The van der Waals surface area contributed by atoms with Gasteiger partial charge in [-0.05, 0) is 26.5 Å². The number of aryl methyl sites for hydroxylation is 1. The molecule has 1 atom stereocenters. The molecule has 1 aromatic carbocycles. The molecule has 1 aliphatic heterocycles. The molecule has 0 spiro atoms. The highest BCUT2D eigenvalue weighted by atomic mass is 16.3. The third kappa shape index (κ3) is 2.16. The van der Waals surface area contributed by atoms with E-state index in [4.69, 9.17) is 4.42 Å². The zero-order valence-electron chi connectivity index (χ0n) is 11.1. The van der Waals surface area contributed by atoms with Crippen LogP contribution in [-0.2, 0) is 6.42 Å². The summed E-state index contributed by atoms with van der Waals surface area (Å²) in [6.45, 7) is 5.40. The number of nitrogens with one attached hydrogen (secondary N) is 1. The number of nitrogens with zero attached hydrogens (tertiary/aromatic N) is 1. The molecule has 0 aliphatic carbocycles. The predicted octanol–water partition coefficient (Wildman–Crippen LogP) is 2.19. The molecule has 0 amide bonds. The van der Waals surface area contributed by atoms with Crippen LogP contribution in [0.5, 0.6) is 0 Å². The van der Waals surface area contributed by atoms with Gasteiger partial charge in [0, 0.05) is 36.6 Å². The molecule has 0 saturated carbocycles. The van der Waals surface area contributed by atoms with Crippen LogP contribution in [0.2, 0.25) is 0 Å². The summed E-state index contributed by atoms with van der Waals surface area (Å²) in [5.74, 6) is 1.06. The molecule has 1 saturated heterocycles.